The molecule has 4 heteroatoms. The molecule has 0 atom stereocenters. The molecule has 0 aliphatic rings. The largest absolute Gasteiger partial charge is 0.465 e. The highest BCUT2D eigenvalue weighted by molar-refractivity contribution is 5.66. The fraction of sp³-hybridized carbons (Fsp3) is 0.462. The van der Waals surface area contributed by atoms with Crippen LogP contribution >= 0.6 is 0 Å². The first-order valence-electron chi connectivity index (χ1n) is 5.63. The van der Waals surface area contributed by atoms with Gasteiger partial charge in [-0.3, -0.25) is 4.90 Å². The zero-order valence-electron chi connectivity index (χ0n) is 10.6. The van der Waals surface area contributed by atoms with Gasteiger partial charge in [0, 0.05) is 18.6 Å². The lowest BCUT2D eigenvalue weighted by Crippen LogP contribution is -2.44. The standard InChI is InChI=1S/C13H20N2O2/c1-13(2,3)15(12(16)17)9-11-6-4-5-10(7-11)8-14/h4-7H,8-9,14H2,1-3H3,(H,16,17). The van der Waals surface area contributed by atoms with Crippen LogP contribution in [0.5, 0.6) is 0 Å². The van der Waals surface area contributed by atoms with E-state index in [0.29, 0.717) is 13.1 Å². The molecule has 1 aromatic carbocycles. The van der Waals surface area contributed by atoms with Crippen molar-refractivity contribution in [1.82, 2.24) is 4.90 Å². The Morgan fingerprint density at radius 1 is 1.35 bits per heavy atom. The highest BCUT2D eigenvalue weighted by Crippen LogP contribution is 2.18. The van der Waals surface area contributed by atoms with Gasteiger partial charge in [0.2, 0.25) is 0 Å². The number of hydrogen-bond donors (Lipinski definition) is 2. The van der Waals surface area contributed by atoms with E-state index in [4.69, 9.17) is 5.73 Å². The van der Waals surface area contributed by atoms with Gasteiger partial charge < -0.3 is 10.8 Å². The second kappa shape index (κ2) is 5.19. The number of amides is 1. The Morgan fingerprint density at radius 2 is 1.94 bits per heavy atom. The maximum absolute atomic E-state index is 11.2. The second-order valence-electron chi connectivity index (χ2n) is 5.06. The van der Waals surface area contributed by atoms with Gasteiger partial charge in [0.25, 0.3) is 0 Å². The molecule has 3 N–H and O–H groups in total. The van der Waals surface area contributed by atoms with Crippen molar-refractivity contribution >= 4 is 6.09 Å². The second-order valence-corrected chi connectivity index (χ2v) is 5.06. The smallest absolute Gasteiger partial charge is 0.408 e. The van der Waals surface area contributed by atoms with Crippen LogP contribution in [0.2, 0.25) is 0 Å². The molecule has 0 aliphatic heterocycles. The molecule has 0 fully saturated rings. The Bertz CT molecular complexity index is 397. The zero-order chi connectivity index (χ0) is 13.1. The predicted molar refractivity (Wildman–Crippen MR) is 67.7 cm³/mol. The minimum atomic E-state index is -0.907. The van der Waals surface area contributed by atoms with Gasteiger partial charge in [0.15, 0.2) is 0 Å². The maximum Gasteiger partial charge on any atom is 0.408 e. The average Bonchev–Trinajstić information content (AvgIpc) is 2.24. The first-order valence-corrected chi connectivity index (χ1v) is 5.63. The monoisotopic (exact) mass is 236 g/mol. The predicted octanol–water partition coefficient (Wildman–Crippen LogP) is 2.42. The van der Waals surface area contributed by atoms with E-state index >= 15 is 0 Å². The number of nitrogens with two attached hydrogens (primary N) is 1. The maximum atomic E-state index is 11.2. The number of carbonyl (C=O) groups is 1. The van der Waals surface area contributed by atoms with Crippen molar-refractivity contribution in [2.75, 3.05) is 0 Å². The number of carboxylic acid groups (broad SMARTS) is 1. The molecule has 4 nitrogen and oxygen atoms in total. The molecule has 0 bridgehead atoms. The van der Waals surface area contributed by atoms with Crippen molar-refractivity contribution in [3.63, 3.8) is 0 Å². The van der Waals surface area contributed by atoms with Crippen LogP contribution in [0.15, 0.2) is 24.3 Å². The molecule has 1 amide bonds. The molecular formula is C13H20N2O2. The van der Waals surface area contributed by atoms with Crippen molar-refractivity contribution in [1.29, 1.82) is 0 Å². The summed E-state index contributed by atoms with van der Waals surface area (Å²) in [6.45, 7) is 6.50. The Hall–Kier alpha value is -1.55. The van der Waals surface area contributed by atoms with Crippen LogP contribution < -0.4 is 5.73 Å². The SMILES string of the molecule is CC(C)(C)N(Cc1cccc(CN)c1)C(=O)O. The van der Waals surface area contributed by atoms with E-state index < -0.39 is 11.6 Å². The third-order valence-electron chi connectivity index (χ3n) is 2.61. The van der Waals surface area contributed by atoms with E-state index in [1.165, 1.54) is 4.90 Å². The van der Waals surface area contributed by atoms with Crippen molar-refractivity contribution in [2.24, 2.45) is 5.73 Å². The topological polar surface area (TPSA) is 66.6 Å². The van der Waals surface area contributed by atoms with Crippen LogP contribution in [0.3, 0.4) is 0 Å². The lowest BCUT2D eigenvalue weighted by Gasteiger charge is -2.33. The Kier molecular flexibility index (Phi) is 4.12. The summed E-state index contributed by atoms with van der Waals surface area (Å²) in [4.78, 5) is 12.6. The number of hydrogen-bond acceptors (Lipinski definition) is 2. The normalized spacial score (nSPS) is 11.3. The van der Waals surface area contributed by atoms with Gasteiger partial charge in [-0.25, -0.2) is 4.79 Å². The lowest BCUT2D eigenvalue weighted by molar-refractivity contribution is 0.0955. The first kappa shape index (κ1) is 13.5. The van der Waals surface area contributed by atoms with Gasteiger partial charge in [-0.2, -0.15) is 0 Å². The molecular weight excluding hydrogens is 216 g/mol. The van der Waals surface area contributed by atoms with E-state index in [2.05, 4.69) is 0 Å². The van der Waals surface area contributed by atoms with Crippen LogP contribution in [0.25, 0.3) is 0 Å². The summed E-state index contributed by atoms with van der Waals surface area (Å²) in [7, 11) is 0. The molecule has 94 valence electrons. The van der Waals surface area contributed by atoms with Gasteiger partial charge >= 0.3 is 6.09 Å². The van der Waals surface area contributed by atoms with Gasteiger partial charge in [-0.05, 0) is 31.9 Å². The van der Waals surface area contributed by atoms with Crippen molar-refractivity contribution in [3.05, 3.63) is 35.4 Å². The van der Waals surface area contributed by atoms with Crippen molar-refractivity contribution < 1.29 is 9.90 Å². The highest BCUT2D eigenvalue weighted by Gasteiger charge is 2.25. The minimum absolute atomic E-state index is 0.382. The summed E-state index contributed by atoms with van der Waals surface area (Å²) in [6.07, 6.45) is -0.907. The van der Waals surface area contributed by atoms with Crippen LogP contribution in [0.4, 0.5) is 4.79 Å². The number of nitrogens with zero attached hydrogens (tertiary/aromatic N) is 1. The first-order chi connectivity index (χ1) is 7.84. The number of benzene rings is 1. The molecule has 1 aromatic rings. The Morgan fingerprint density at radius 3 is 2.41 bits per heavy atom. The molecule has 0 radical (unpaired) electrons. The molecule has 0 saturated heterocycles. The fourth-order valence-electron chi connectivity index (χ4n) is 1.63. The molecule has 17 heavy (non-hydrogen) atoms. The highest BCUT2D eigenvalue weighted by atomic mass is 16.4. The molecule has 0 aliphatic carbocycles. The summed E-state index contributed by atoms with van der Waals surface area (Å²) in [5.74, 6) is 0. The molecule has 0 spiro atoms. The van der Waals surface area contributed by atoms with Crippen LogP contribution in [0.1, 0.15) is 31.9 Å². The summed E-state index contributed by atoms with van der Waals surface area (Å²) >= 11 is 0. The molecule has 0 aromatic heterocycles. The van der Waals surface area contributed by atoms with Crippen LogP contribution in [0, 0.1) is 0 Å². The van der Waals surface area contributed by atoms with Gasteiger partial charge in [-0.1, -0.05) is 24.3 Å². The summed E-state index contributed by atoms with van der Waals surface area (Å²) < 4.78 is 0. The summed E-state index contributed by atoms with van der Waals surface area (Å²) in [6, 6.07) is 7.70. The zero-order valence-corrected chi connectivity index (χ0v) is 10.6. The summed E-state index contributed by atoms with van der Waals surface area (Å²) in [5, 5.41) is 9.20. The minimum Gasteiger partial charge on any atom is -0.465 e. The van der Waals surface area contributed by atoms with Crippen molar-refractivity contribution in [3.8, 4) is 0 Å². The summed E-state index contributed by atoms with van der Waals surface area (Å²) in [5.41, 5.74) is 7.13. The lowest BCUT2D eigenvalue weighted by atomic mass is 10.0. The van der Waals surface area contributed by atoms with Gasteiger partial charge in [0.05, 0.1) is 0 Å². The van der Waals surface area contributed by atoms with E-state index in [0.717, 1.165) is 11.1 Å². The van der Waals surface area contributed by atoms with Gasteiger partial charge in [0.1, 0.15) is 0 Å². The molecule has 0 heterocycles. The van der Waals surface area contributed by atoms with E-state index in [1.54, 1.807) is 0 Å². The van der Waals surface area contributed by atoms with E-state index in [1.807, 2.05) is 45.0 Å². The average molecular weight is 236 g/mol. The van der Waals surface area contributed by atoms with Crippen LogP contribution in [-0.4, -0.2) is 21.6 Å². The molecule has 0 unspecified atom stereocenters. The van der Waals surface area contributed by atoms with E-state index in [9.17, 15) is 9.90 Å². The quantitative estimate of drug-likeness (QED) is 0.847. The van der Waals surface area contributed by atoms with Crippen molar-refractivity contribution in [2.45, 2.75) is 39.4 Å². The molecule has 1 rings (SSSR count). The molecule has 0 saturated carbocycles. The third kappa shape index (κ3) is 3.75. The van der Waals surface area contributed by atoms with Crippen LogP contribution in [-0.2, 0) is 13.1 Å². The Labute approximate surface area is 102 Å². The van der Waals surface area contributed by atoms with Gasteiger partial charge in [-0.15, -0.1) is 0 Å². The van der Waals surface area contributed by atoms with E-state index in [-0.39, 0.29) is 0 Å². The fourth-order valence-corrected chi connectivity index (χ4v) is 1.63. The number of rotatable bonds is 3. The third-order valence-corrected chi connectivity index (χ3v) is 2.61. The Balaban J connectivity index is 2.90.